The molecule has 0 aromatic carbocycles. The molecule has 0 aromatic rings. The van der Waals surface area contributed by atoms with Gasteiger partial charge in [0, 0.05) is 25.6 Å². The van der Waals surface area contributed by atoms with Crippen LogP contribution in [-0.2, 0) is 9.53 Å². The summed E-state index contributed by atoms with van der Waals surface area (Å²) >= 11 is 0. The van der Waals surface area contributed by atoms with Crippen molar-refractivity contribution in [2.75, 3.05) is 20.3 Å². The summed E-state index contributed by atoms with van der Waals surface area (Å²) in [6.07, 6.45) is 0.780. The van der Waals surface area contributed by atoms with E-state index in [2.05, 4.69) is 5.32 Å². The van der Waals surface area contributed by atoms with E-state index in [9.17, 15) is 4.79 Å². The molecule has 4 heteroatoms. The molecule has 4 nitrogen and oxygen atoms in total. The summed E-state index contributed by atoms with van der Waals surface area (Å²) in [6.45, 7) is 4.80. The zero-order valence-corrected chi connectivity index (χ0v) is 8.67. The Morgan fingerprint density at radius 3 is 2.62 bits per heavy atom. The number of carbonyl (C=O) groups excluding carboxylic acids is 1. The highest BCUT2D eigenvalue weighted by Gasteiger charge is 2.15. The molecule has 0 saturated carbocycles. The topological polar surface area (TPSA) is 64.4 Å². The summed E-state index contributed by atoms with van der Waals surface area (Å²) in [5.41, 5.74) is 5.44. The third-order valence-electron chi connectivity index (χ3n) is 1.95. The molecule has 2 atom stereocenters. The molecule has 0 aromatic heterocycles. The van der Waals surface area contributed by atoms with Gasteiger partial charge in [0.05, 0.1) is 6.61 Å². The Bertz CT molecular complexity index is 147. The molecule has 3 N–H and O–H groups in total. The fourth-order valence-corrected chi connectivity index (χ4v) is 1.11. The van der Waals surface area contributed by atoms with E-state index >= 15 is 0 Å². The molecule has 0 aliphatic heterocycles. The minimum atomic E-state index is -0.0701. The molecule has 0 rings (SSSR count). The lowest BCUT2D eigenvalue weighted by Crippen LogP contribution is -2.41. The first-order chi connectivity index (χ1) is 6.15. The predicted octanol–water partition coefficient (Wildman–Crippen LogP) is 0.122. The molecule has 13 heavy (non-hydrogen) atoms. The number of nitrogens with two attached hydrogens (primary N) is 1. The Kier molecular flexibility index (Phi) is 6.54. The summed E-state index contributed by atoms with van der Waals surface area (Å²) in [6, 6.07) is 0.0538. The number of nitrogens with one attached hydrogen (secondary N) is 1. The van der Waals surface area contributed by atoms with Crippen molar-refractivity contribution in [3.8, 4) is 0 Å². The highest BCUT2D eigenvalue weighted by Crippen LogP contribution is 2.00. The maximum atomic E-state index is 11.4. The summed E-state index contributed by atoms with van der Waals surface area (Å²) in [7, 11) is 1.61. The molecule has 0 bridgehead atoms. The van der Waals surface area contributed by atoms with E-state index in [1.54, 1.807) is 7.11 Å². The fourth-order valence-electron chi connectivity index (χ4n) is 1.11. The molecule has 0 saturated heterocycles. The van der Waals surface area contributed by atoms with Crippen LogP contribution in [0.25, 0.3) is 0 Å². The molecule has 78 valence electrons. The van der Waals surface area contributed by atoms with E-state index in [0.717, 1.165) is 6.42 Å². The van der Waals surface area contributed by atoms with E-state index in [1.165, 1.54) is 0 Å². The first-order valence-electron chi connectivity index (χ1n) is 4.65. The van der Waals surface area contributed by atoms with E-state index in [-0.39, 0.29) is 17.9 Å². The van der Waals surface area contributed by atoms with E-state index < -0.39 is 0 Å². The van der Waals surface area contributed by atoms with Crippen LogP contribution in [0.1, 0.15) is 20.3 Å². The van der Waals surface area contributed by atoms with E-state index in [0.29, 0.717) is 13.2 Å². The average molecular weight is 188 g/mol. The Hall–Kier alpha value is -0.610. The van der Waals surface area contributed by atoms with Crippen molar-refractivity contribution >= 4 is 5.91 Å². The predicted molar refractivity (Wildman–Crippen MR) is 52.3 cm³/mol. The van der Waals surface area contributed by atoms with Crippen LogP contribution in [-0.4, -0.2) is 32.2 Å². The molecular formula is C9H20N2O2. The minimum absolute atomic E-state index is 0.0227. The van der Waals surface area contributed by atoms with Gasteiger partial charge in [0.15, 0.2) is 0 Å². The Balaban J connectivity index is 3.83. The lowest BCUT2D eigenvalue weighted by atomic mass is 10.1. The molecule has 0 aliphatic carbocycles. The largest absolute Gasteiger partial charge is 0.383 e. The third kappa shape index (κ3) is 4.85. The second-order valence-electron chi connectivity index (χ2n) is 3.21. The van der Waals surface area contributed by atoms with Gasteiger partial charge in [-0.2, -0.15) is 0 Å². The normalized spacial score (nSPS) is 15.1. The second kappa shape index (κ2) is 6.86. The SMILES string of the molecule is CCC(CN)C(=O)NC(C)COC. The summed E-state index contributed by atoms with van der Waals surface area (Å²) < 4.78 is 4.91. The van der Waals surface area contributed by atoms with Crippen LogP contribution < -0.4 is 11.1 Å². The highest BCUT2D eigenvalue weighted by molar-refractivity contribution is 5.79. The number of rotatable bonds is 6. The Morgan fingerprint density at radius 1 is 1.62 bits per heavy atom. The maximum Gasteiger partial charge on any atom is 0.224 e. The van der Waals surface area contributed by atoms with Gasteiger partial charge in [0.25, 0.3) is 0 Å². The monoisotopic (exact) mass is 188 g/mol. The van der Waals surface area contributed by atoms with Crippen LogP contribution in [0.5, 0.6) is 0 Å². The quantitative estimate of drug-likeness (QED) is 0.622. The van der Waals surface area contributed by atoms with Gasteiger partial charge < -0.3 is 15.8 Å². The molecular weight excluding hydrogens is 168 g/mol. The van der Waals surface area contributed by atoms with Crippen LogP contribution in [0, 0.1) is 5.92 Å². The molecule has 2 unspecified atom stereocenters. The van der Waals surface area contributed by atoms with Gasteiger partial charge in [0.2, 0.25) is 5.91 Å². The van der Waals surface area contributed by atoms with Crippen molar-refractivity contribution in [2.45, 2.75) is 26.3 Å². The Morgan fingerprint density at radius 2 is 2.23 bits per heavy atom. The van der Waals surface area contributed by atoms with Crippen molar-refractivity contribution < 1.29 is 9.53 Å². The summed E-state index contributed by atoms with van der Waals surface area (Å²) in [5, 5.41) is 2.84. The number of methoxy groups -OCH3 is 1. The van der Waals surface area contributed by atoms with Crippen molar-refractivity contribution in [1.82, 2.24) is 5.32 Å². The van der Waals surface area contributed by atoms with Gasteiger partial charge in [-0.25, -0.2) is 0 Å². The number of hydrogen-bond donors (Lipinski definition) is 2. The standard InChI is InChI=1S/C9H20N2O2/c1-4-8(5-10)9(12)11-7(2)6-13-3/h7-8H,4-6,10H2,1-3H3,(H,11,12). The average Bonchev–Trinajstić information content (AvgIpc) is 2.06. The molecule has 0 spiro atoms. The van der Waals surface area contributed by atoms with E-state index in [1.807, 2.05) is 13.8 Å². The van der Waals surface area contributed by atoms with Gasteiger partial charge in [-0.1, -0.05) is 6.92 Å². The van der Waals surface area contributed by atoms with Crippen molar-refractivity contribution in [3.05, 3.63) is 0 Å². The lowest BCUT2D eigenvalue weighted by molar-refractivity contribution is -0.125. The lowest BCUT2D eigenvalue weighted by Gasteiger charge is -2.17. The molecule has 0 heterocycles. The number of hydrogen-bond acceptors (Lipinski definition) is 3. The van der Waals surface area contributed by atoms with E-state index in [4.69, 9.17) is 10.5 Å². The van der Waals surface area contributed by atoms with Gasteiger partial charge >= 0.3 is 0 Å². The second-order valence-corrected chi connectivity index (χ2v) is 3.21. The first kappa shape index (κ1) is 12.4. The van der Waals surface area contributed by atoms with Crippen molar-refractivity contribution in [2.24, 2.45) is 11.7 Å². The number of ether oxygens (including phenoxy) is 1. The van der Waals surface area contributed by atoms with Gasteiger partial charge in [-0.05, 0) is 13.3 Å². The third-order valence-corrected chi connectivity index (χ3v) is 1.95. The van der Waals surface area contributed by atoms with Crippen molar-refractivity contribution in [3.63, 3.8) is 0 Å². The first-order valence-corrected chi connectivity index (χ1v) is 4.65. The number of carbonyl (C=O) groups is 1. The van der Waals surface area contributed by atoms with Crippen molar-refractivity contribution in [1.29, 1.82) is 0 Å². The molecule has 0 radical (unpaired) electrons. The van der Waals surface area contributed by atoms with Gasteiger partial charge in [-0.15, -0.1) is 0 Å². The number of amides is 1. The van der Waals surface area contributed by atoms with Crippen LogP contribution in [0.3, 0.4) is 0 Å². The molecule has 0 fully saturated rings. The van der Waals surface area contributed by atoms with Gasteiger partial charge in [-0.3, -0.25) is 4.79 Å². The van der Waals surface area contributed by atoms with Crippen LogP contribution in [0.4, 0.5) is 0 Å². The zero-order chi connectivity index (χ0) is 10.3. The van der Waals surface area contributed by atoms with Crippen LogP contribution in [0.2, 0.25) is 0 Å². The summed E-state index contributed by atoms with van der Waals surface area (Å²) in [4.78, 5) is 11.4. The summed E-state index contributed by atoms with van der Waals surface area (Å²) in [5.74, 6) is -0.0474. The van der Waals surface area contributed by atoms with Gasteiger partial charge in [0.1, 0.15) is 0 Å². The van der Waals surface area contributed by atoms with Crippen LogP contribution in [0.15, 0.2) is 0 Å². The smallest absolute Gasteiger partial charge is 0.224 e. The zero-order valence-electron chi connectivity index (χ0n) is 8.67. The molecule has 1 amide bonds. The highest BCUT2D eigenvalue weighted by atomic mass is 16.5. The fraction of sp³-hybridized carbons (Fsp3) is 0.889. The maximum absolute atomic E-state index is 11.4. The Labute approximate surface area is 79.8 Å². The van der Waals surface area contributed by atoms with Crippen LogP contribution >= 0.6 is 0 Å². The molecule has 0 aliphatic rings. The minimum Gasteiger partial charge on any atom is -0.383 e.